The summed E-state index contributed by atoms with van der Waals surface area (Å²) < 4.78 is 43.6. The SMILES string of the molecule is CCc1cc(O)ccc1N=C(N)c1cnn2cc(-c3ccccc3)cc2c1N[C@@H]1CCCC[C@@H]1C(F)(F)F. The molecular formula is C29H30F3N5O. The molecule has 0 radical (unpaired) electrons. The van der Waals surface area contributed by atoms with Crippen molar-refractivity contribution in [1.82, 2.24) is 9.61 Å². The lowest BCUT2D eigenvalue weighted by Crippen LogP contribution is -2.41. The minimum atomic E-state index is -4.31. The molecule has 2 aromatic carbocycles. The van der Waals surface area contributed by atoms with Gasteiger partial charge in [-0.2, -0.15) is 18.3 Å². The average molecular weight is 522 g/mol. The molecule has 0 bridgehead atoms. The topological polar surface area (TPSA) is 87.9 Å². The number of aryl methyl sites for hydroxylation is 1. The van der Waals surface area contributed by atoms with Crippen molar-refractivity contribution >= 4 is 22.7 Å². The second kappa shape index (κ2) is 10.4. The largest absolute Gasteiger partial charge is 0.508 e. The maximum absolute atomic E-state index is 14.0. The summed E-state index contributed by atoms with van der Waals surface area (Å²) >= 11 is 0. The number of nitrogens with zero attached hydrogens (tertiary/aromatic N) is 3. The van der Waals surface area contributed by atoms with Crippen molar-refractivity contribution < 1.29 is 18.3 Å². The Kier molecular flexibility index (Phi) is 7.01. The molecule has 0 spiro atoms. The number of nitrogens with one attached hydrogen (secondary N) is 1. The highest BCUT2D eigenvalue weighted by Crippen LogP contribution is 2.40. The first-order valence-electron chi connectivity index (χ1n) is 12.8. The first kappa shape index (κ1) is 25.6. The monoisotopic (exact) mass is 521 g/mol. The molecule has 198 valence electrons. The number of anilines is 1. The Morgan fingerprint density at radius 3 is 2.61 bits per heavy atom. The van der Waals surface area contributed by atoms with E-state index in [9.17, 15) is 18.3 Å². The molecule has 38 heavy (non-hydrogen) atoms. The van der Waals surface area contributed by atoms with Gasteiger partial charge in [-0.05, 0) is 54.7 Å². The van der Waals surface area contributed by atoms with Crippen LogP contribution in [0.3, 0.4) is 0 Å². The van der Waals surface area contributed by atoms with Crippen LogP contribution in [0.1, 0.15) is 43.7 Å². The number of nitrogens with two attached hydrogens (primary N) is 1. The molecule has 1 aliphatic carbocycles. The predicted molar refractivity (Wildman–Crippen MR) is 144 cm³/mol. The average Bonchev–Trinajstić information content (AvgIpc) is 3.35. The van der Waals surface area contributed by atoms with Crippen LogP contribution in [0.2, 0.25) is 0 Å². The van der Waals surface area contributed by atoms with Crippen LogP contribution in [0.5, 0.6) is 5.75 Å². The number of benzene rings is 2. The quantitative estimate of drug-likeness (QED) is 0.192. The van der Waals surface area contributed by atoms with Crippen LogP contribution in [0, 0.1) is 5.92 Å². The van der Waals surface area contributed by atoms with Gasteiger partial charge >= 0.3 is 6.18 Å². The van der Waals surface area contributed by atoms with Crippen molar-refractivity contribution in [3.8, 4) is 16.9 Å². The van der Waals surface area contributed by atoms with Gasteiger partial charge in [0.1, 0.15) is 11.6 Å². The number of hydrogen-bond acceptors (Lipinski definition) is 4. The fraction of sp³-hybridized carbons (Fsp3) is 0.310. The van der Waals surface area contributed by atoms with Gasteiger partial charge in [-0.15, -0.1) is 0 Å². The van der Waals surface area contributed by atoms with E-state index in [1.54, 1.807) is 22.8 Å². The fourth-order valence-electron chi connectivity index (χ4n) is 5.23. The van der Waals surface area contributed by atoms with E-state index >= 15 is 0 Å². The number of rotatable bonds is 6. The van der Waals surface area contributed by atoms with E-state index in [0.717, 1.165) is 16.7 Å². The van der Waals surface area contributed by atoms with Gasteiger partial charge in [0.15, 0.2) is 0 Å². The van der Waals surface area contributed by atoms with Gasteiger partial charge in [0, 0.05) is 17.8 Å². The summed E-state index contributed by atoms with van der Waals surface area (Å²) in [5.41, 5.74) is 11.3. The summed E-state index contributed by atoms with van der Waals surface area (Å²) in [5.74, 6) is -1.20. The van der Waals surface area contributed by atoms with Gasteiger partial charge in [-0.3, -0.25) is 0 Å². The molecule has 2 heterocycles. The minimum Gasteiger partial charge on any atom is -0.508 e. The maximum Gasteiger partial charge on any atom is 0.393 e. The number of amidine groups is 1. The van der Waals surface area contributed by atoms with Crippen LogP contribution in [-0.2, 0) is 6.42 Å². The van der Waals surface area contributed by atoms with E-state index in [0.29, 0.717) is 48.1 Å². The number of aromatic nitrogens is 2. The number of phenolic OH excluding ortho intramolecular Hbond substituents is 1. The van der Waals surface area contributed by atoms with Crippen LogP contribution in [0.4, 0.5) is 24.5 Å². The number of alkyl halides is 3. The second-order valence-electron chi connectivity index (χ2n) is 9.70. The molecule has 2 atom stereocenters. The Morgan fingerprint density at radius 2 is 1.87 bits per heavy atom. The summed E-state index contributed by atoms with van der Waals surface area (Å²) in [4.78, 5) is 4.61. The molecule has 1 fully saturated rings. The Morgan fingerprint density at radius 1 is 1.11 bits per heavy atom. The summed E-state index contributed by atoms with van der Waals surface area (Å²) in [6.45, 7) is 1.94. The molecule has 4 N–H and O–H groups in total. The molecule has 6 nitrogen and oxygen atoms in total. The summed E-state index contributed by atoms with van der Waals surface area (Å²) in [6.07, 6.45) is 1.47. The standard InChI is InChI=1S/C29H30F3N5O/c1-2-18-14-21(38)12-13-24(18)36-28(33)22-16-34-37-17-20(19-8-4-3-5-9-19)15-26(37)27(22)35-25-11-7-6-10-23(25)29(30,31)32/h3-5,8-9,12-17,23,25,35,38H,2,6-7,10-11H2,1H3,(H2,33,36)/t23-,25+/m0/s1. The number of aromatic hydroxyl groups is 1. The number of aliphatic imine (C=N–C) groups is 1. The Bertz CT molecular complexity index is 1460. The lowest BCUT2D eigenvalue weighted by Gasteiger charge is -2.34. The zero-order valence-electron chi connectivity index (χ0n) is 21.0. The van der Waals surface area contributed by atoms with E-state index in [-0.39, 0.29) is 18.0 Å². The van der Waals surface area contributed by atoms with Crippen LogP contribution < -0.4 is 11.1 Å². The van der Waals surface area contributed by atoms with E-state index in [2.05, 4.69) is 15.4 Å². The van der Waals surface area contributed by atoms with Crippen LogP contribution in [0.25, 0.3) is 16.6 Å². The highest BCUT2D eigenvalue weighted by Gasteiger charge is 2.45. The second-order valence-corrected chi connectivity index (χ2v) is 9.70. The molecular weight excluding hydrogens is 491 g/mol. The molecule has 0 amide bonds. The van der Waals surface area contributed by atoms with Crippen molar-refractivity contribution in [3.63, 3.8) is 0 Å². The zero-order chi connectivity index (χ0) is 26.9. The third-order valence-corrected chi connectivity index (χ3v) is 7.22. The summed E-state index contributed by atoms with van der Waals surface area (Å²) in [5, 5.41) is 17.6. The van der Waals surface area contributed by atoms with Crippen molar-refractivity contribution in [2.24, 2.45) is 16.6 Å². The third-order valence-electron chi connectivity index (χ3n) is 7.22. The van der Waals surface area contributed by atoms with Crippen molar-refractivity contribution in [1.29, 1.82) is 0 Å². The van der Waals surface area contributed by atoms with Crippen LogP contribution in [-0.4, -0.2) is 32.8 Å². The van der Waals surface area contributed by atoms with Crippen molar-refractivity contribution in [2.45, 2.75) is 51.2 Å². The van der Waals surface area contributed by atoms with E-state index in [1.807, 2.05) is 49.5 Å². The zero-order valence-corrected chi connectivity index (χ0v) is 21.0. The van der Waals surface area contributed by atoms with Gasteiger partial charge in [-0.25, -0.2) is 9.51 Å². The molecule has 0 saturated heterocycles. The van der Waals surface area contributed by atoms with Gasteiger partial charge in [0.2, 0.25) is 0 Å². The number of hydrogen-bond donors (Lipinski definition) is 3. The molecule has 9 heteroatoms. The normalized spacial score (nSPS) is 18.6. The lowest BCUT2D eigenvalue weighted by atomic mass is 9.83. The smallest absolute Gasteiger partial charge is 0.393 e. The molecule has 0 unspecified atom stereocenters. The molecule has 5 rings (SSSR count). The molecule has 2 aromatic heterocycles. The Labute approximate surface area is 219 Å². The summed E-state index contributed by atoms with van der Waals surface area (Å²) in [7, 11) is 0. The lowest BCUT2D eigenvalue weighted by molar-refractivity contribution is -0.184. The van der Waals surface area contributed by atoms with Gasteiger partial charge < -0.3 is 16.2 Å². The number of phenols is 1. The van der Waals surface area contributed by atoms with Crippen molar-refractivity contribution in [2.75, 3.05) is 5.32 Å². The molecule has 4 aromatic rings. The third kappa shape index (κ3) is 5.18. The van der Waals surface area contributed by atoms with E-state index in [4.69, 9.17) is 5.73 Å². The first-order chi connectivity index (χ1) is 18.2. The van der Waals surface area contributed by atoms with Gasteiger partial charge in [0.25, 0.3) is 0 Å². The molecule has 1 aliphatic rings. The molecule has 1 saturated carbocycles. The highest BCUT2D eigenvalue weighted by molar-refractivity contribution is 6.06. The fourth-order valence-corrected chi connectivity index (χ4v) is 5.23. The van der Waals surface area contributed by atoms with Crippen LogP contribution >= 0.6 is 0 Å². The minimum absolute atomic E-state index is 0.0884. The number of halogens is 3. The maximum atomic E-state index is 14.0. The van der Waals surface area contributed by atoms with E-state index in [1.165, 1.54) is 6.07 Å². The molecule has 0 aliphatic heterocycles. The summed E-state index contributed by atoms with van der Waals surface area (Å²) in [6, 6.07) is 15.7. The van der Waals surface area contributed by atoms with Crippen LogP contribution in [0.15, 0.2) is 72.0 Å². The Balaban J connectivity index is 1.64. The highest BCUT2D eigenvalue weighted by atomic mass is 19.4. The van der Waals surface area contributed by atoms with Gasteiger partial charge in [0.05, 0.1) is 34.6 Å². The van der Waals surface area contributed by atoms with Crippen molar-refractivity contribution in [3.05, 3.63) is 78.1 Å². The van der Waals surface area contributed by atoms with Gasteiger partial charge in [-0.1, -0.05) is 50.1 Å². The first-order valence-corrected chi connectivity index (χ1v) is 12.8. The predicted octanol–water partition coefficient (Wildman–Crippen LogP) is 6.84. The Hall–Kier alpha value is -4.01. The number of fused-ring (bicyclic) bond motifs is 1. The van der Waals surface area contributed by atoms with E-state index < -0.39 is 18.1 Å².